The van der Waals surface area contributed by atoms with E-state index < -0.39 is 11.7 Å². The van der Waals surface area contributed by atoms with E-state index in [1.807, 2.05) is 13.1 Å². The van der Waals surface area contributed by atoms with Crippen molar-refractivity contribution in [3.8, 4) is 0 Å². The first-order valence-electron chi connectivity index (χ1n) is 7.26. The monoisotopic (exact) mass is 285 g/mol. The summed E-state index contributed by atoms with van der Waals surface area (Å²) in [7, 11) is 1.92. The van der Waals surface area contributed by atoms with Crippen molar-refractivity contribution in [3.63, 3.8) is 0 Å². The molecule has 0 aliphatic heterocycles. The van der Waals surface area contributed by atoms with E-state index in [9.17, 15) is 13.2 Å². The standard InChI is InChI=1S/C16H22F3N/c1-20-12-15(8-3-2-4-9-15)11-13-6-5-7-14(10-13)16(17,18)19/h5-7,10,20H,2-4,8-9,11-12H2,1H3. The summed E-state index contributed by atoms with van der Waals surface area (Å²) in [5.41, 5.74) is 0.388. The molecule has 0 spiro atoms. The molecule has 1 aliphatic carbocycles. The minimum Gasteiger partial charge on any atom is -0.319 e. The molecule has 20 heavy (non-hydrogen) atoms. The zero-order valence-electron chi connectivity index (χ0n) is 11.9. The van der Waals surface area contributed by atoms with Gasteiger partial charge in [0.15, 0.2) is 0 Å². The Morgan fingerprint density at radius 3 is 2.45 bits per heavy atom. The molecule has 2 rings (SSSR count). The minimum absolute atomic E-state index is 0.122. The van der Waals surface area contributed by atoms with E-state index >= 15 is 0 Å². The van der Waals surface area contributed by atoms with Crippen LogP contribution in [0.1, 0.15) is 43.2 Å². The second-order valence-electron chi connectivity index (χ2n) is 5.97. The lowest BCUT2D eigenvalue weighted by atomic mass is 9.70. The van der Waals surface area contributed by atoms with Crippen LogP contribution in [0.4, 0.5) is 13.2 Å². The van der Waals surface area contributed by atoms with Gasteiger partial charge < -0.3 is 5.32 Å². The molecule has 0 unspecified atom stereocenters. The quantitative estimate of drug-likeness (QED) is 0.863. The van der Waals surface area contributed by atoms with Crippen LogP contribution in [0.3, 0.4) is 0 Å². The lowest BCUT2D eigenvalue weighted by Gasteiger charge is -2.37. The molecule has 4 heteroatoms. The van der Waals surface area contributed by atoms with E-state index in [1.54, 1.807) is 0 Å². The highest BCUT2D eigenvalue weighted by Crippen LogP contribution is 2.39. The van der Waals surface area contributed by atoms with Crippen molar-refractivity contribution in [2.75, 3.05) is 13.6 Å². The number of rotatable bonds is 4. The lowest BCUT2D eigenvalue weighted by Crippen LogP contribution is -2.36. The first-order valence-corrected chi connectivity index (χ1v) is 7.26. The zero-order chi connectivity index (χ0) is 14.6. The molecule has 1 aromatic rings. The van der Waals surface area contributed by atoms with Crippen molar-refractivity contribution in [1.29, 1.82) is 0 Å². The van der Waals surface area contributed by atoms with E-state index in [0.717, 1.165) is 37.4 Å². The molecule has 0 amide bonds. The predicted molar refractivity (Wildman–Crippen MR) is 74.6 cm³/mol. The average molecular weight is 285 g/mol. The van der Waals surface area contributed by atoms with Gasteiger partial charge in [0.05, 0.1) is 5.56 Å². The third-order valence-electron chi connectivity index (χ3n) is 4.30. The van der Waals surface area contributed by atoms with Crippen molar-refractivity contribution < 1.29 is 13.2 Å². The van der Waals surface area contributed by atoms with Crippen molar-refractivity contribution >= 4 is 0 Å². The highest BCUT2D eigenvalue weighted by molar-refractivity contribution is 5.26. The summed E-state index contributed by atoms with van der Waals surface area (Å²) in [5.74, 6) is 0. The highest BCUT2D eigenvalue weighted by Gasteiger charge is 2.33. The predicted octanol–water partition coefficient (Wildman–Crippen LogP) is 4.42. The SMILES string of the molecule is CNCC1(Cc2cccc(C(F)(F)F)c2)CCCCC1. The molecule has 1 aromatic carbocycles. The van der Waals surface area contributed by atoms with Crippen LogP contribution in [0.5, 0.6) is 0 Å². The maximum atomic E-state index is 12.8. The maximum absolute atomic E-state index is 12.8. The number of nitrogens with one attached hydrogen (secondary N) is 1. The summed E-state index contributed by atoms with van der Waals surface area (Å²) in [4.78, 5) is 0. The van der Waals surface area contributed by atoms with Gasteiger partial charge in [-0.3, -0.25) is 0 Å². The number of benzene rings is 1. The maximum Gasteiger partial charge on any atom is 0.416 e. The summed E-state index contributed by atoms with van der Waals surface area (Å²) in [6.45, 7) is 0.878. The minimum atomic E-state index is -4.25. The third kappa shape index (κ3) is 3.75. The molecule has 1 nitrogen and oxygen atoms in total. The second kappa shape index (κ2) is 6.17. The molecular formula is C16H22F3N. The zero-order valence-corrected chi connectivity index (χ0v) is 11.9. The summed E-state index contributed by atoms with van der Waals surface area (Å²) in [5, 5.41) is 3.22. The Morgan fingerprint density at radius 1 is 1.15 bits per heavy atom. The van der Waals surface area contributed by atoms with Gasteiger partial charge in [0.25, 0.3) is 0 Å². The molecule has 0 aromatic heterocycles. The fourth-order valence-electron chi connectivity index (χ4n) is 3.38. The molecule has 1 fully saturated rings. The molecule has 0 bridgehead atoms. The fourth-order valence-corrected chi connectivity index (χ4v) is 3.38. The van der Waals surface area contributed by atoms with E-state index in [4.69, 9.17) is 0 Å². The summed E-state index contributed by atoms with van der Waals surface area (Å²) in [6.07, 6.45) is 2.29. The number of hydrogen-bond donors (Lipinski definition) is 1. The largest absolute Gasteiger partial charge is 0.416 e. The first-order chi connectivity index (χ1) is 9.45. The molecule has 1 aliphatic rings. The van der Waals surface area contributed by atoms with Crippen molar-refractivity contribution in [2.45, 2.75) is 44.7 Å². The normalized spacial score (nSPS) is 19.0. The molecule has 112 valence electrons. The molecule has 0 radical (unpaired) electrons. The first kappa shape index (κ1) is 15.4. The summed E-state index contributed by atoms with van der Waals surface area (Å²) in [6, 6.07) is 5.80. The van der Waals surface area contributed by atoms with Gasteiger partial charge in [-0.05, 0) is 43.4 Å². The Hall–Kier alpha value is -1.03. The van der Waals surface area contributed by atoms with Crippen molar-refractivity contribution in [1.82, 2.24) is 5.32 Å². The second-order valence-corrected chi connectivity index (χ2v) is 5.97. The van der Waals surface area contributed by atoms with Crippen LogP contribution in [0, 0.1) is 5.41 Å². The Bertz CT molecular complexity index is 428. The van der Waals surface area contributed by atoms with Gasteiger partial charge in [0.2, 0.25) is 0 Å². The van der Waals surface area contributed by atoms with Crippen LogP contribution in [-0.2, 0) is 12.6 Å². The molecule has 0 saturated heterocycles. The van der Waals surface area contributed by atoms with Crippen molar-refractivity contribution in [2.24, 2.45) is 5.41 Å². The van der Waals surface area contributed by atoms with Gasteiger partial charge in [0.1, 0.15) is 0 Å². The van der Waals surface area contributed by atoms with Gasteiger partial charge in [-0.25, -0.2) is 0 Å². The van der Waals surface area contributed by atoms with Gasteiger partial charge >= 0.3 is 6.18 Å². The Balaban J connectivity index is 2.18. The number of hydrogen-bond acceptors (Lipinski definition) is 1. The average Bonchev–Trinajstić information content (AvgIpc) is 2.39. The third-order valence-corrected chi connectivity index (χ3v) is 4.30. The molecule has 1 saturated carbocycles. The topological polar surface area (TPSA) is 12.0 Å². The van der Waals surface area contributed by atoms with Gasteiger partial charge in [-0.2, -0.15) is 13.2 Å². The summed E-state index contributed by atoms with van der Waals surface area (Å²) < 4.78 is 38.3. The number of alkyl halides is 3. The van der Waals surface area contributed by atoms with Crippen LogP contribution in [0.2, 0.25) is 0 Å². The van der Waals surface area contributed by atoms with Crippen LogP contribution in [-0.4, -0.2) is 13.6 Å². The molecule has 1 N–H and O–H groups in total. The number of halogens is 3. The molecule has 0 atom stereocenters. The Morgan fingerprint density at radius 2 is 1.85 bits per heavy atom. The van der Waals surface area contributed by atoms with Gasteiger partial charge in [-0.1, -0.05) is 37.5 Å². The van der Waals surface area contributed by atoms with Gasteiger partial charge in [0, 0.05) is 6.54 Å². The highest BCUT2D eigenvalue weighted by atomic mass is 19.4. The van der Waals surface area contributed by atoms with Crippen LogP contribution in [0.15, 0.2) is 24.3 Å². The van der Waals surface area contributed by atoms with E-state index in [-0.39, 0.29) is 5.41 Å². The smallest absolute Gasteiger partial charge is 0.319 e. The van der Waals surface area contributed by atoms with E-state index in [2.05, 4.69) is 5.32 Å². The van der Waals surface area contributed by atoms with Crippen molar-refractivity contribution in [3.05, 3.63) is 35.4 Å². The fraction of sp³-hybridized carbons (Fsp3) is 0.625. The Kier molecular flexibility index (Phi) is 4.74. The lowest BCUT2D eigenvalue weighted by molar-refractivity contribution is -0.137. The van der Waals surface area contributed by atoms with Gasteiger partial charge in [-0.15, -0.1) is 0 Å². The van der Waals surface area contributed by atoms with Crippen LogP contribution < -0.4 is 5.32 Å². The van der Waals surface area contributed by atoms with E-state index in [1.165, 1.54) is 31.4 Å². The molecule has 0 heterocycles. The summed E-state index contributed by atoms with van der Waals surface area (Å²) >= 11 is 0. The van der Waals surface area contributed by atoms with E-state index in [0.29, 0.717) is 0 Å². The van der Waals surface area contributed by atoms with Crippen LogP contribution in [0.25, 0.3) is 0 Å². The van der Waals surface area contributed by atoms with Crippen LogP contribution >= 0.6 is 0 Å². The Labute approximate surface area is 118 Å². The molecular weight excluding hydrogens is 263 g/mol.